The van der Waals surface area contributed by atoms with Crippen molar-refractivity contribution in [3.05, 3.63) is 17.6 Å². The van der Waals surface area contributed by atoms with E-state index in [1.807, 2.05) is 13.8 Å². The third-order valence-electron chi connectivity index (χ3n) is 2.58. The summed E-state index contributed by atoms with van der Waals surface area (Å²) in [6.45, 7) is 8.79. The Kier molecular flexibility index (Phi) is 4.03. The number of aryl methyl sites for hydroxylation is 2. The summed E-state index contributed by atoms with van der Waals surface area (Å²) in [6.07, 6.45) is 1.76. The lowest BCUT2D eigenvalue weighted by molar-refractivity contribution is 0.529. The van der Waals surface area contributed by atoms with Crippen molar-refractivity contribution >= 4 is 5.82 Å². The van der Waals surface area contributed by atoms with E-state index in [1.165, 1.54) is 0 Å². The number of rotatable bonds is 4. The van der Waals surface area contributed by atoms with Crippen molar-refractivity contribution in [3.63, 3.8) is 0 Å². The molecule has 1 atom stereocenters. The van der Waals surface area contributed by atoms with Gasteiger partial charge in [0.15, 0.2) is 0 Å². The van der Waals surface area contributed by atoms with E-state index in [-0.39, 0.29) is 6.04 Å². The number of hydrogen-bond acceptors (Lipinski definition) is 4. The summed E-state index contributed by atoms with van der Waals surface area (Å²) in [6, 6.07) is 0.251. The number of anilines is 1. The zero-order valence-electron chi connectivity index (χ0n) is 9.91. The summed E-state index contributed by atoms with van der Waals surface area (Å²) in [5.74, 6) is 1.29. The molecule has 84 valence electrons. The molecule has 1 aromatic heterocycles. The van der Waals surface area contributed by atoms with Gasteiger partial charge < -0.3 is 11.1 Å². The minimum Gasteiger partial charge on any atom is -0.365 e. The Morgan fingerprint density at radius 3 is 2.47 bits per heavy atom. The Labute approximate surface area is 91.3 Å². The Morgan fingerprint density at radius 2 is 2.00 bits per heavy atom. The number of nitrogens with zero attached hydrogens (tertiary/aromatic N) is 2. The standard InChI is InChI=1S/C11H20N4/c1-7(2)10(5-12)15-11-6-13-8(3)9(4)14-11/h6-7,10H,5,12H2,1-4H3,(H,14,15). The van der Waals surface area contributed by atoms with Crippen LogP contribution in [0.25, 0.3) is 0 Å². The molecule has 0 amide bonds. The van der Waals surface area contributed by atoms with E-state index in [2.05, 4.69) is 29.1 Å². The molecule has 0 bridgehead atoms. The Bertz CT molecular complexity index is 322. The molecular weight excluding hydrogens is 188 g/mol. The second-order valence-corrected chi connectivity index (χ2v) is 4.16. The summed E-state index contributed by atoms with van der Waals surface area (Å²) < 4.78 is 0. The fraction of sp³-hybridized carbons (Fsp3) is 0.636. The van der Waals surface area contributed by atoms with Crippen LogP contribution < -0.4 is 11.1 Å². The lowest BCUT2D eigenvalue weighted by atomic mass is 10.1. The fourth-order valence-electron chi connectivity index (χ4n) is 1.30. The van der Waals surface area contributed by atoms with Crippen molar-refractivity contribution in [1.82, 2.24) is 9.97 Å². The van der Waals surface area contributed by atoms with Crippen LogP contribution >= 0.6 is 0 Å². The van der Waals surface area contributed by atoms with Gasteiger partial charge in [0.2, 0.25) is 0 Å². The second-order valence-electron chi connectivity index (χ2n) is 4.16. The lowest BCUT2D eigenvalue weighted by Gasteiger charge is -2.21. The molecule has 4 nitrogen and oxygen atoms in total. The highest BCUT2D eigenvalue weighted by Crippen LogP contribution is 2.10. The van der Waals surface area contributed by atoms with Gasteiger partial charge in [0, 0.05) is 12.6 Å². The van der Waals surface area contributed by atoms with Gasteiger partial charge in [0.25, 0.3) is 0 Å². The van der Waals surface area contributed by atoms with Crippen LogP contribution in [0.1, 0.15) is 25.2 Å². The topological polar surface area (TPSA) is 63.8 Å². The monoisotopic (exact) mass is 208 g/mol. The van der Waals surface area contributed by atoms with Crippen LogP contribution in [0.4, 0.5) is 5.82 Å². The van der Waals surface area contributed by atoms with Gasteiger partial charge in [-0.15, -0.1) is 0 Å². The van der Waals surface area contributed by atoms with E-state index >= 15 is 0 Å². The first-order valence-electron chi connectivity index (χ1n) is 5.31. The van der Waals surface area contributed by atoms with Crippen LogP contribution in [0.2, 0.25) is 0 Å². The molecule has 0 aromatic carbocycles. The van der Waals surface area contributed by atoms with E-state index < -0.39 is 0 Å². The molecule has 0 spiro atoms. The quantitative estimate of drug-likeness (QED) is 0.787. The maximum Gasteiger partial charge on any atom is 0.145 e. The fourth-order valence-corrected chi connectivity index (χ4v) is 1.30. The molecule has 0 saturated carbocycles. The van der Waals surface area contributed by atoms with E-state index in [0.29, 0.717) is 12.5 Å². The predicted molar refractivity (Wildman–Crippen MR) is 62.8 cm³/mol. The Hall–Kier alpha value is -1.16. The zero-order chi connectivity index (χ0) is 11.4. The van der Waals surface area contributed by atoms with Gasteiger partial charge in [-0.25, -0.2) is 4.98 Å². The van der Waals surface area contributed by atoms with Gasteiger partial charge >= 0.3 is 0 Å². The Morgan fingerprint density at radius 1 is 1.33 bits per heavy atom. The largest absolute Gasteiger partial charge is 0.365 e. The SMILES string of the molecule is Cc1ncc(NC(CN)C(C)C)nc1C. The summed E-state index contributed by atoms with van der Waals surface area (Å²) in [5.41, 5.74) is 7.60. The second kappa shape index (κ2) is 5.07. The van der Waals surface area contributed by atoms with Crippen LogP contribution in [0, 0.1) is 19.8 Å². The van der Waals surface area contributed by atoms with Gasteiger partial charge in [-0.3, -0.25) is 4.98 Å². The first-order chi connectivity index (χ1) is 7.04. The third kappa shape index (κ3) is 3.16. The average Bonchev–Trinajstić information content (AvgIpc) is 2.19. The van der Waals surface area contributed by atoms with Crippen LogP contribution in [0.5, 0.6) is 0 Å². The average molecular weight is 208 g/mol. The number of nitrogens with two attached hydrogens (primary N) is 1. The van der Waals surface area contributed by atoms with Crippen molar-refractivity contribution in [3.8, 4) is 0 Å². The van der Waals surface area contributed by atoms with E-state index in [0.717, 1.165) is 17.2 Å². The molecule has 15 heavy (non-hydrogen) atoms. The lowest BCUT2D eigenvalue weighted by Crippen LogP contribution is -2.34. The Balaban J connectivity index is 2.75. The highest BCUT2D eigenvalue weighted by atomic mass is 15.0. The minimum atomic E-state index is 0.251. The third-order valence-corrected chi connectivity index (χ3v) is 2.58. The van der Waals surface area contributed by atoms with Gasteiger partial charge in [-0.05, 0) is 19.8 Å². The van der Waals surface area contributed by atoms with Crippen molar-refractivity contribution in [2.24, 2.45) is 11.7 Å². The highest BCUT2D eigenvalue weighted by molar-refractivity contribution is 5.34. The molecule has 0 fully saturated rings. The maximum atomic E-state index is 5.68. The number of aromatic nitrogens is 2. The number of hydrogen-bond donors (Lipinski definition) is 2. The maximum absolute atomic E-state index is 5.68. The van der Waals surface area contributed by atoms with E-state index in [9.17, 15) is 0 Å². The summed E-state index contributed by atoms with van der Waals surface area (Å²) >= 11 is 0. The molecule has 0 radical (unpaired) electrons. The smallest absolute Gasteiger partial charge is 0.145 e. The van der Waals surface area contributed by atoms with Gasteiger partial charge in [-0.2, -0.15) is 0 Å². The summed E-state index contributed by atoms with van der Waals surface area (Å²) in [7, 11) is 0. The van der Waals surface area contributed by atoms with Crippen LogP contribution in [-0.4, -0.2) is 22.6 Å². The van der Waals surface area contributed by atoms with Gasteiger partial charge in [0.1, 0.15) is 5.82 Å². The highest BCUT2D eigenvalue weighted by Gasteiger charge is 2.11. The molecule has 1 aromatic rings. The van der Waals surface area contributed by atoms with Crippen LogP contribution in [0.3, 0.4) is 0 Å². The predicted octanol–water partition coefficient (Wildman–Crippen LogP) is 1.49. The van der Waals surface area contributed by atoms with Crippen molar-refractivity contribution in [1.29, 1.82) is 0 Å². The molecule has 3 N–H and O–H groups in total. The molecule has 0 aliphatic rings. The summed E-state index contributed by atoms with van der Waals surface area (Å²) in [4.78, 5) is 8.67. The molecule has 1 rings (SSSR count). The molecule has 1 heterocycles. The minimum absolute atomic E-state index is 0.251. The van der Waals surface area contributed by atoms with Crippen molar-refractivity contribution in [2.45, 2.75) is 33.7 Å². The first-order valence-corrected chi connectivity index (χ1v) is 5.31. The van der Waals surface area contributed by atoms with Crippen molar-refractivity contribution < 1.29 is 0 Å². The van der Waals surface area contributed by atoms with Crippen LogP contribution in [0.15, 0.2) is 6.20 Å². The molecule has 0 saturated heterocycles. The van der Waals surface area contributed by atoms with Crippen LogP contribution in [-0.2, 0) is 0 Å². The molecule has 0 aliphatic carbocycles. The number of nitrogens with one attached hydrogen (secondary N) is 1. The molecule has 1 unspecified atom stereocenters. The first kappa shape index (κ1) is 11.9. The van der Waals surface area contributed by atoms with E-state index in [1.54, 1.807) is 6.20 Å². The normalized spacial score (nSPS) is 12.9. The molecule has 4 heteroatoms. The van der Waals surface area contributed by atoms with Gasteiger partial charge in [0.05, 0.1) is 17.6 Å². The summed E-state index contributed by atoms with van der Waals surface area (Å²) in [5, 5.41) is 3.30. The molecular formula is C11H20N4. The van der Waals surface area contributed by atoms with Crippen molar-refractivity contribution in [2.75, 3.05) is 11.9 Å². The van der Waals surface area contributed by atoms with E-state index in [4.69, 9.17) is 5.73 Å². The molecule has 0 aliphatic heterocycles. The zero-order valence-corrected chi connectivity index (χ0v) is 9.91. The van der Waals surface area contributed by atoms with Gasteiger partial charge in [-0.1, -0.05) is 13.8 Å².